The molecule has 12 atom stereocenters. The summed E-state index contributed by atoms with van der Waals surface area (Å²) in [7, 11) is 3.35. The molecule has 0 saturated carbocycles. The molecule has 4 heterocycles. The number of benzene rings is 3. The number of carbonyl (C=O) groups excluding carboxylic acids is 8. The van der Waals surface area contributed by atoms with Gasteiger partial charge in [-0.1, -0.05) is 98.8 Å². The van der Waals surface area contributed by atoms with Crippen LogP contribution in [0.2, 0.25) is 0 Å². The Labute approximate surface area is 486 Å². The molecular formula is C61H86N10O12. The quantitative estimate of drug-likeness (QED) is 0.0442. The first-order valence-electron chi connectivity index (χ1n) is 29.6. The third-order valence-electron chi connectivity index (χ3n) is 16.8. The van der Waals surface area contributed by atoms with Crippen molar-refractivity contribution in [1.82, 2.24) is 52.3 Å². The fraction of sp³-hybridized carbons (Fsp3) is 0.574. The summed E-state index contributed by atoms with van der Waals surface area (Å²) in [5.41, 5.74) is 2.89. The van der Waals surface area contributed by atoms with Crippen LogP contribution in [-0.4, -0.2) is 169 Å². The third-order valence-corrected chi connectivity index (χ3v) is 16.8. The number of fused-ring (bicyclic) bond motifs is 2. The second-order valence-corrected chi connectivity index (χ2v) is 22.0. The Balaban J connectivity index is 0.854. The van der Waals surface area contributed by atoms with Gasteiger partial charge in [0.2, 0.25) is 47.3 Å². The topological polar surface area (TPSA) is 298 Å². The first-order chi connectivity index (χ1) is 40.2. The van der Waals surface area contributed by atoms with Crippen molar-refractivity contribution in [3.05, 3.63) is 107 Å². The average molecular weight is 1150 g/mol. The molecule has 10 N–H and O–H groups in total. The normalized spacial score (nSPS) is 23.7. The van der Waals surface area contributed by atoms with Gasteiger partial charge in [0.15, 0.2) is 0 Å². The molecule has 3 aromatic carbocycles. The van der Waals surface area contributed by atoms with Gasteiger partial charge >= 0.3 is 0 Å². The van der Waals surface area contributed by atoms with Crippen molar-refractivity contribution in [2.45, 2.75) is 158 Å². The van der Waals surface area contributed by atoms with Gasteiger partial charge in [-0.15, -0.1) is 0 Å². The summed E-state index contributed by atoms with van der Waals surface area (Å²) in [6, 6.07) is 18.1. The summed E-state index contributed by atoms with van der Waals surface area (Å²) in [5.74, 6) is -4.10. The van der Waals surface area contributed by atoms with Crippen molar-refractivity contribution >= 4 is 47.3 Å². The lowest BCUT2D eigenvalue weighted by Crippen LogP contribution is -2.59. The van der Waals surface area contributed by atoms with Gasteiger partial charge in [0.25, 0.3) is 0 Å². The number of rotatable bonds is 29. The maximum Gasteiger partial charge on any atom is 0.247 e. The fourth-order valence-corrected chi connectivity index (χ4v) is 12.1. The Morgan fingerprint density at radius 1 is 0.542 bits per heavy atom. The summed E-state index contributed by atoms with van der Waals surface area (Å²) in [6.07, 6.45) is 5.58. The predicted octanol–water partition coefficient (Wildman–Crippen LogP) is 1.55. The van der Waals surface area contributed by atoms with Crippen LogP contribution >= 0.6 is 0 Å². The van der Waals surface area contributed by atoms with Crippen LogP contribution in [0.3, 0.4) is 0 Å². The molecule has 0 radical (unpaired) electrons. The van der Waals surface area contributed by atoms with Gasteiger partial charge in [-0.3, -0.25) is 38.4 Å². The molecule has 22 heteroatoms. The van der Waals surface area contributed by atoms with Gasteiger partial charge in [-0.25, -0.2) is 0 Å². The first-order valence-corrected chi connectivity index (χ1v) is 29.6. The number of aliphatic hydroxyl groups is 2. The minimum absolute atomic E-state index is 0.142. The second-order valence-electron chi connectivity index (χ2n) is 22.0. The van der Waals surface area contributed by atoms with Gasteiger partial charge in [0.05, 0.1) is 38.5 Å². The second kappa shape index (κ2) is 31.7. The third kappa shape index (κ3) is 16.5. The van der Waals surface area contributed by atoms with Crippen molar-refractivity contribution in [3.8, 4) is 0 Å². The highest BCUT2D eigenvalue weighted by Crippen LogP contribution is 2.37. The lowest BCUT2D eigenvalue weighted by molar-refractivity contribution is -0.144. The maximum atomic E-state index is 14.3. The number of hydrogen-bond donors (Lipinski definition) is 10. The van der Waals surface area contributed by atoms with E-state index in [0.29, 0.717) is 81.8 Å². The zero-order valence-electron chi connectivity index (χ0n) is 48.3. The molecule has 8 amide bonds. The van der Waals surface area contributed by atoms with E-state index in [9.17, 15) is 48.6 Å². The highest BCUT2D eigenvalue weighted by molar-refractivity contribution is 5.97. The predicted molar refractivity (Wildman–Crippen MR) is 308 cm³/mol. The Morgan fingerprint density at radius 3 is 1.33 bits per heavy atom. The number of amides is 8. The van der Waals surface area contributed by atoms with E-state index in [-0.39, 0.29) is 88.5 Å². The first kappa shape index (κ1) is 63.8. The molecular weight excluding hydrogens is 1060 g/mol. The van der Waals surface area contributed by atoms with E-state index in [1.807, 2.05) is 50.2 Å². The molecule has 4 saturated heterocycles. The lowest BCUT2D eigenvalue weighted by atomic mass is 9.90. The smallest absolute Gasteiger partial charge is 0.247 e. The van der Waals surface area contributed by atoms with Crippen LogP contribution in [0.15, 0.2) is 84.9 Å². The van der Waals surface area contributed by atoms with Crippen LogP contribution in [0.5, 0.6) is 0 Å². The molecule has 4 fully saturated rings. The van der Waals surface area contributed by atoms with E-state index in [2.05, 4.69) is 42.5 Å². The van der Waals surface area contributed by atoms with Crippen molar-refractivity contribution in [2.75, 3.05) is 53.6 Å². The fourth-order valence-electron chi connectivity index (χ4n) is 12.1. The molecule has 452 valence electrons. The van der Waals surface area contributed by atoms with Crippen molar-refractivity contribution in [1.29, 1.82) is 0 Å². The average Bonchev–Trinajstić information content (AvgIpc) is 4.29. The minimum Gasteiger partial charge on any atom is -0.396 e. The van der Waals surface area contributed by atoms with Crippen molar-refractivity contribution in [2.24, 2.45) is 11.8 Å². The standard InChI is InChI=1S/C61H86N10O12/c1-5-46(62-3)54(74)68-52-42(29-32-72)21-23-44-25-27-48(70(44)60(52)80)56(76)66-50(40-13-9-7-10-14-40)58(78)64-30-33-82-36-38-17-19-39(20-18-38)37-83-34-31-65-59(79)51(41-15-11-8-12-16-41)67-57(77)49-28-26-45-24-22-43(35-73)53(61(81)71(45)49)69-55(75)47(6-2)63-4/h7-20,42-53,62-63,72-73H,5-6,21-37H2,1-4H3,(H,64,78)(H,65,79)(H,66,76)(H,67,77)(H,68,74)(H,69,75)/t42-,43-,44+,45+,46+,47+,48+,49+,50+,51+,52+,53+/m1/s1. The molecule has 3 aromatic rings. The summed E-state index contributed by atoms with van der Waals surface area (Å²) in [4.78, 5) is 114. The van der Waals surface area contributed by atoms with Gasteiger partial charge < -0.3 is 72.0 Å². The van der Waals surface area contributed by atoms with Gasteiger partial charge in [-0.2, -0.15) is 0 Å². The molecule has 0 aliphatic carbocycles. The summed E-state index contributed by atoms with van der Waals surface area (Å²) >= 11 is 0. The van der Waals surface area contributed by atoms with Gasteiger partial charge in [-0.05, 0) is 113 Å². The Morgan fingerprint density at radius 2 is 0.940 bits per heavy atom. The summed E-state index contributed by atoms with van der Waals surface area (Å²) in [6.45, 7) is 4.46. The molecule has 4 aliphatic rings. The monoisotopic (exact) mass is 1150 g/mol. The number of nitrogens with zero attached hydrogens (tertiary/aromatic N) is 2. The lowest BCUT2D eigenvalue weighted by Gasteiger charge is -2.33. The number of likely N-dealkylation sites (N-methyl/N-ethyl adjacent to an activating group) is 2. The molecule has 7 rings (SSSR count). The molecule has 22 nitrogen and oxygen atoms in total. The zero-order valence-corrected chi connectivity index (χ0v) is 48.3. The van der Waals surface area contributed by atoms with E-state index in [1.54, 1.807) is 72.4 Å². The Hall–Kier alpha value is -6.82. The van der Waals surface area contributed by atoms with Crippen LogP contribution in [0.1, 0.15) is 119 Å². The van der Waals surface area contributed by atoms with Crippen LogP contribution in [0.4, 0.5) is 0 Å². The largest absolute Gasteiger partial charge is 0.396 e. The summed E-state index contributed by atoms with van der Waals surface area (Å²) < 4.78 is 11.8. The van der Waals surface area contributed by atoms with E-state index >= 15 is 0 Å². The van der Waals surface area contributed by atoms with Gasteiger partial charge in [0, 0.05) is 44.3 Å². The number of carbonyl (C=O) groups is 8. The van der Waals surface area contributed by atoms with E-state index in [4.69, 9.17) is 9.47 Å². The SMILES string of the molecule is CC[C@H](NC)C(=O)N[C@@H]1C(=O)N2[C@@H](CC[C@@H]1CCO)CC[C@H]2C(=O)N[C@H](C(=O)NCCOCc1ccc(COCCNC(=O)[C@@H](NC(=O)[C@@H]2CC[C@@H]3CC[C@H](CO)[C@H](NC(=O)[C@H](CC)NC)C(=O)N32)c2ccccc2)cc1)c1ccccc1. The van der Waals surface area contributed by atoms with E-state index in [1.165, 1.54) is 0 Å². The van der Waals surface area contributed by atoms with Crippen LogP contribution in [0, 0.1) is 11.8 Å². The van der Waals surface area contributed by atoms with Crippen molar-refractivity contribution in [3.63, 3.8) is 0 Å². The minimum atomic E-state index is -1.07. The molecule has 0 spiro atoms. The van der Waals surface area contributed by atoms with E-state index < -0.39 is 83.8 Å². The van der Waals surface area contributed by atoms with Gasteiger partial charge in [0.1, 0.15) is 36.3 Å². The molecule has 0 aromatic heterocycles. The highest BCUT2D eigenvalue weighted by Gasteiger charge is 2.50. The molecule has 0 unspecified atom stereocenters. The van der Waals surface area contributed by atoms with E-state index in [0.717, 1.165) is 11.1 Å². The molecule has 83 heavy (non-hydrogen) atoms. The molecule has 0 bridgehead atoms. The number of hydrogen-bond acceptors (Lipinski definition) is 14. The summed E-state index contributed by atoms with van der Waals surface area (Å²) in [5, 5.41) is 43.5. The zero-order chi connectivity index (χ0) is 59.4. The van der Waals surface area contributed by atoms with Crippen LogP contribution in [0.25, 0.3) is 0 Å². The van der Waals surface area contributed by atoms with Crippen molar-refractivity contribution < 1.29 is 58.0 Å². The number of ether oxygens (including phenoxy) is 2. The Kier molecular flexibility index (Phi) is 24.4. The highest BCUT2D eigenvalue weighted by atomic mass is 16.5. The Bertz CT molecular complexity index is 2630. The van der Waals surface area contributed by atoms with Crippen LogP contribution in [-0.2, 0) is 61.0 Å². The number of nitrogens with one attached hydrogen (secondary N) is 8. The molecule has 4 aliphatic heterocycles. The maximum absolute atomic E-state index is 14.3. The van der Waals surface area contributed by atoms with Crippen LogP contribution < -0.4 is 42.5 Å². The number of aliphatic hydroxyl groups excluding tert-OH is 2.